The first kappa shape index (κ1) is 24.1. The maximum absolute atomic E-state index is 13.8. The van der Waals surface area contributed by atoms with Gasteiger partial charge in [-0.15, -0.1) is 10.2 Å². The van der Waals surface area contributed by atoms with E-state index in [1.54, 1.807) is 6.33 Å². The van der Waals surface area contributed by atoms with E-state index in [0.717, 1.165) is 42.3 Å². The maximum Gasteiger partial charge on any atom is 0.433 e. The Labute approximate surface area is 211 Å². The van der Waals surface area contributed by atoms with E-state index in [2.05, 4.69) is 36.8 Å². The van der Waals surface area contributed by atoms with E-state index in [9.17, 15) is 13.2 Å². The molecule has 0 spiro atoms. The lowest BCUT2D eigenvalue weighted by atomic mass is 9.72. The topological polar surface area (TPSA) is 93.5 Å². The number of hydrogen-bond donors (Lipinski definition) is 2. The molecule has 6 rings (SSSR count). The average Bonchev–Trinajstić information content (AvgIpc) is 3.60. The zero-order valence-corrected chi connectivity index (χ0v) is 20.4. The Bertz CT molecular complexity index is 1400. The summed E-state index contributed by atoms with van der Waals surface area (Å²) in [6.45, 7) is 1.37. The molecule has 11 heteroatoms. The van der Waals surface area contributed by atoms with Crippen LogP contribution in [0, 0.1) is 5.92 Å². The number of nitrogens with one attached hydrogen (secondary N) is 2. The van der Waals surface area contributed by atoms with Crippen LogP contribution in [0.15, 0.2) is 36.7 Å². The first-order chi connectivity index (χ1) is 17.9. The number of aromatic amines is 1. The van der Waals surface area contributed by atoms with Gasteiger partial charge in [-0.2, -0.15) is 18.3 Å². The van der Waals surface area contributed by atoms with Gasteiger partial charge in [-0.1, -0.05) is 24.6 Å². The molecule has 2 aliphatic rings. The van der Waals surface area contributed by atoms with E-state index in [1.807, 2.05) is 29.8 Å². The van der Waals surface area contributed by atoms with Crippen molar-refractivity contribution in [2.45, 2.75) is 50.4 Å². The molecule has 2 fully saturated rings. The molecule has 3 aromatic heterocycles. The minimum absolute atomic E-state index is 0.0622. The van der Waals surface area contributed by atoms with Crippen LogP contribution in [-0.2, 0) is 24.5 Å². The molecule has 4 aromatic rings. The van der Waals surface area contributed by atoms with Gasteiger partial charge >= 0.3 is 6.18 Å². The molecule has 2 N–H and O–H groups in total. The highest BCUT2D eigenvalue weighted by Crippen LogP contribution is 2.43. The lowest BCUT2D eigenvalue weighted by molar-refractivity contribution is -0.141. The highest BCUT2D eigenvalue weighted by molar-refractivity contribution is 5.94. The van der Waals surface area contributed by atoms with Gasteiger partial charge in [0.2, 0.25) is 0 Å². The van der Waals surface area contributed by atoms with Crippen LogP contribution in [-0.4, -0.2) is 49.2 Å². The summed E-state index contributed by atoms with van der Waals surface area (Å²) in [7, 11) is 1.94. The molecule has 1 saturated carbocycles. The summed E-state index contributed by atoms with van der Waals surface area (Å²) in [5.74, 6) is 1.40. The number of ether oxygens (including phenoxy) is 1. The predicted octanol–water partition coefficient (Wildman–Crippen LogP) is 4.58. The summed E-state index contributed by atoms with van der Waals surface area (Å²) >= 11 is 0. The van der Waals surface area contributed by atoms with Gasteiger partial charge in [0.1, 0.15) is 23.5 Å². The Balaban J connectivity index is 1.41. The molecule has 0 radical (unpaired) electrons. The Morgan fingerprint density at radius 2 is 2.08 bits per heavy atom. The average molecular weight is 512 g/mol. The Kier molecular flexibility index (Phi) is 6.20. The van der Waals surface area contributed by atoms with E-state index in [0.29, 0.717) is 35.7 Å². The maximum atomic E-state index is 13.8. The van der Waals surface area contributed by atoms with Crippen molar-refractivity contribution in [3.63, 3.8) is 0 Å². The van der Waals surface area contributed by atoms with Gasteiger partial charge in [0.05, 0.1) is 17.8 Å². The van der Waals surface area contributed by atoms with Crippen molar-refractivity contribution in [1.82, 2.24) is 35.3 Å². The van der Waals surface area contributed by atoms with Crippen molar-refractivity contribution in [3.8, 4) is 11.3 Å². The number of H-pyrrole nitrogens is 1. The Morgan fingerprint density at radius 3 is 2.76 bits per heavy atom. The zero-order chi connectivity index (χ0) is 25.6. The summed E-state index contributed by atoms with van der Waals surface area (Å²) < 4.78 is 48.8. The van der Waals surface area contributed by atoms with Crippen LogP contribution < -0.4 is 5.32 Å². The molecule has 0 amide bonds. The highest BCUT2D eigenvalue weighted by atomic mass is 19.4. The van der Waals surface area contributed by atoms with Gasteiger partial charge in [-0.3, -0.25) is 5.10 Å². The summed E-state index contributed by atoms with van der Waals surface area (Å²) in [6.07, 6.45) is 1.34. The van der Waals surface area contributed by atoms with Gasteiger partial charge in [-0.25, -0.2) is 4.98 Å². The Hall–Kier alpha value is -3.31. The fourth-order valence-electron chi connectivity index (χ4n) is 5.37. The quantitative estimate of drug-likeness (QED) is 0.377. The SMILES string of the molecule is Cn1cnnc1[C@@H](c1cccc(-c2n[nH]c3c(CN[C@H]4CCOC4)nc(C(F)(F)F)cc23)c1)C1CCC1. The van der Waals surface area contributed by atoms with Crippen LogP contribution in [0.2, 0.25) is 0 Å². The number of fused-ring (bicyclic) bond motifs is 1. The lowest BCUT2D eigenvalue weighted by Gasteiger charge is -2.33. The van der Waals surface area contributed by atoms with Gasteiger partial charge < -0.3 is 14.6 Å². The molecule has 1 saturated heterocycles. The molecular formula is C26H28F3N7O. The summed E-state index contributed by atoms with van der Waals surface area (Å²) in [5, 5.41) is 19.6. The summed E-state index contributed by atoms with van der Waals surface area (Å²) in [6, 6.07) is 9.08. The fraction of sp³-hybridized carbons (Fsp3) is 0.462. The second-order valence-corrected chi connectivity index (χ2v) is 9.98. The number of pyridine rings is 1. The number of alkyl halides is 3. The first-order valence-electron chi connectivity index (χ1n) is 12.6. The van der Waals surface area contributed by atoms with Crippen LogP contribution in [0.5, 0.6) is 0 Å². The minimum atomic E-state index is -4.57. The zero-order valence-electron chi connectivity index (χ0n) is 20.4. The van der Waals surface area contributed by atoms with Crippen molar-refractivity contribution in [1.29, 1.82) is 0 Å². The van der Waals surface area contributed by atoms with Crippen LogP contribution in [0.3, 0.4) is 0 Å². The highest BCUT2D eigenvalue weighted by Gasteiger charge is 2.35. The smallest absolute Gasteiger partial charge is 0.380 e. The largest absolute Gasteiger partial charge is 0.433 e. The van der Waals surface area contributed by atoms with E-state index in [4.69, 9.17) is 4.74 Å². The molecule has 0 bridgehead atoms. The number of halogens is 3. The van der Waals surface area contributed by atoms with Crippen molar-refractivity contribution in [2.24, 2.45) is 13.0 Å². The van der Waals surface area contributed by atoms with E-state index in [-0.39, 0.29) is 24.2 Å². The van der Waals surface area contributed by atoms with Crippen molar-refractivity contribution < 1.29 is 17.9 Å². The number of aryl methyl sites for hydroxylation is 1. The molecule has 37 heavy (non-hydrogen) atoms. The number of rotatable bonds is 7. The molecule has 2 atom stereocenters. The van der Waals surface area contributed by atoms with E-state index in [1.165, 1.54) is 6.42 Å². The third-order valence-corrected chi connectivity index (χ3v) is 7.57. The molecule has 1 aliphatic heterocycles. The van der Waals surface area contributed by atoms with Gasteiger partial charge in [0, 0.05) is 43.1 Å². The minimum Gasteiger partial charge on any atom is -0.380 e. The summed E-state index contributed by atoms with van der Waals surface area (Å²) in [5.41, 5.74) is 2.15. The standard InChI is InChI=1S/C26H28F3N7O/c1-36-14-31-35-25(36)22(15-4-2-5-15)16-6-3-7-17(10-16)23-19-11-21(26(27,28)29)32-20(24(19)34-33-23)12-30-18-8-9-37-13-18/h3,6-7,10-11,14-15,18,22,30H,2,4-5,8-9,12-13H2,1H3,(H,33,34)/t18-,22+/m0/s1. The molecule has 1 aromatic carbocycles. The van der Waals surface area contributed by atoms with Crippen molar-refractivity contribution in [3.05, 3.63) is 59.4 Å². The van der Waals surface area contributed by atoms with Gasteiger partial charge in [0.25, 0.3) is 0 Å². The lowest BCUT2D eigenvalue weighted by Crippen LogP contribution is -2.29. The third kappa shape index (κ3) is 4.61. The summed E-state index contributed by atoms with van der Waals surface area (Å²) in [4.78, 5) is 3.95. The van der Waals surface area contributed by atoms with E-state index >= 15 is 0 Å². The molecule has 0 unspecified atom stereocenters. The van der Waals surface area contributed by atoms with Crippen LogP contribution in [0.1, 0.15) is 54.4 Å². The Morgan fingerprint density at radius 1 is 1.22 bits per heavy atom. The molecule has 194 valence electrons. The monoisotopic (exact) mass is 511 g/mol. The van der Waals surface area contributed by atoms with Crippen molar-refractivity contribution in [2.75, 3.05) is 13.2 Å². The number of aromatic nitrogens is 6. The molecule has 1 aliphatic carbocycles. The normalized spacial score (nSPS) is 19.4. The molecule has 8 nitrogen and oxygen atoms in total. The second kappa shape index (κ2) is 9.53. The molecule has 4 heterocycles. The second-order valence-electron chi connectivity index (χ2n) is 9.98. The number of nitrogens with zero attached hydrogens (tertiary/aromatic N) is 5. The van der Waals surface area contributed by atoms with Crippen molar-refractivity contribution >= 4 is 10.9 Å². The van der Waals surface area contributed by atoms with Gasteiger partial charge in [0.15, 0.2) is 0 Å². The van der Waals surface area contributed by atoms with Crippen LogP contribution >= 0.6 is 0 Å². The first-order valence-corrected chi connectivity index (χ1v) is 12.6. The number of benzene rings is 1. The molecular weight excluding hydrogens is 483 g/mol. The third-order valence-electron chi connectivity index (χ3n) is 7.57. The fourth-order valence-corrected chi connectivity index (χ4v) is 5.37. The van der Waals surface area contributed by atoms with Gasteiger partial charge in [-0.05, 0) is 42.9 Å². The predicted molar refractivity (Wildman–Crippen MR) is 131 cm³/mol. The van der Waals surface area contributed by atoms with Crippen LogP contribution in [0.4, 0.5) is 13.2 Å². The number of hydrogen-bond acceptors (Lipinski definition) is 6. The van der Waals surface area contributed by atoms with Crippen LogP contribution in [0.25, 0.3) is 22.2 Å². The van der Waals surface area contributed by atoms with E-state index < -0.39 is 11.9 Å².